The molecule has 0 fully saturated rings. The number of rotatable bonds is 4. The molecule has 0 saturated carbocycles. The molecule has 0 radical (unpaired) electrons. The minimum atomic E-state index is -0.116. The van der Waals surface area contributed by atoms with Gasteiger partial charge in [0.2, 0.25) is 0 Å². The van der Waals surface area contributed by atoms with Crippen LogP contribution in [-0.4, -0.2) is 33.0 Å². The number of ether oxygens (including phenoxy) is 3. The zero-order valence-electron chi connectivity index (χ0n) is 8.32. The quantitative estimate of drug-likeness (QED) is 0.662. The highest BCUT2D eigenvalue weighted by atomic mass is 16.6. The van der Waals surface area contributed by atoms with E-state index in [0.717, 1.165) is 5.76 Å². The predicted octanol–water partition coefficient (Wildman–Crippen LogP) is 1.51. The first-order chi connectivity index (χ1) is 6.33. The molecule has 13 heavy (non-hydrogen) atoms. The van der Waals surface area contributed by atoms with E-state index in [1.807, 2.05) is 25.2 Å². The normalized spacial score (nSPS) is 27.2. The van der Waals surface area contributed by atoms with Crippen molar-refractivity contribution < 1.29 is 14.2 Å². The lowest BCUT2D eigenvalue weighted by Gasteiger charge is -2.26. The molecular weight excluding hydrogens is 168 g/mol. The van der Waals surface area contributed by atoms with Gasteiger partial charge in [0.1, 0.15) is 18.0 Å². The summed E-state index contributed by atoms with van der Waals surface area (Å²) in [5.41, 5.74) is 0. The van der Waals surface area contributed by atoms with Gasteiger partial charge in [0, 0.05) is 14.2 Å². The molecule has 0 N–H and O–H groups in total. The van der Waals surface area contributed by atoms with Gasteiger partial charge in [0.15, 0.2) is 0 Å². The molecule has 0 aromatic heterocycles. The first-order valence-corrected chi connectivity index (χ1v) is 4.40. The summed E-state index contributed by atoms with van der Waals surface area (Å²) in [6.45, 7) is 2.60. The first-order valence-electron chi connectivity index (χ1n) is 4.40. The van der Waals surface area contributed by atoms with E-state index in [1.165, 1.54) is 0 Å². The first kappa shape index (κ1) is 10.3. The largest absolute Gasteiger partial charge is 0.495 e. The van der Waals surface area contributed by atoms with Crippen LogP contribution in [0.15, 0.2) is 24.0 Å². The Labute approximate surface area is 79.0 Å². The van der Waals surface area contributed by atoms with Crippen LogP contribution >= 0.6 is 0 Å². The van der Waals surface area contributed by atoms with Gasteiger partial charge in [-0.05, 0) is 13.0 Å². The van der Waals surface area contributed by atoms with Gasteiger partial charge in [-0.3, -0.25) is 0 Å². The Kier molecular flexibility index (Phi) is 3.99. The Morgan fingerprint density at radius 1 is 1.31 bits per heavy atom. The molecule has 0 bridgehead atoms. The van der Waals surface area contributed by atoms with Gasteiger partial charge in [-0.15, -0.1) is 0 Å². The molecule has 0 unspecified atom stereocenters. The summed E-state index contributed by atoms with van der Waals surface area (Å²) >= 11 is 0. The average molecular weight is 184 g/mol. The Morgan fingerprint density at radius 2 is 2.08 bits per heavy atom. The van der Waals surface area contributed by atoms with Crippen molar-refractivity contribution in [2.45, 2.75) is 19.1 Å². The molecule has 0 saturated heterocycles. The van der Waals surface area contributed by atoms with Crippen molar-refractivity contribution in [1.29, 1.82) is 0 Å². The Bertz CT molecular complexity index is 208. The lowest BCUT2D eigenvalue weighted by Crippen LogP contribution is -2.32. The van der Waals surface area contributed by atoms with Crippen LogP contribution in [0.1, 0.15) is 6.92 Å². The lowest BCUT2D eigenvalue weighted by molar-refractivity contribution is -0.0231. The summed E-state index contributed by atoms with van der Waals surface area (Å²) in [5.74, 6) is 0.833. The Hall–Kier alpha value is -0.800. The van der Waals surface area contributed by atoms with Gasteiger partial charge in [-0.2, -0.15) is 0 Å². The molecule has 0 amide bonds. The molecule has 2 atom stereocenters. The zero-order chi connectivity index (χ0) is 9.68. The van der Waals surface area contributed by atoms with Crippen molar-refractivity contribution in [2.75, 3.05) is 20.8 Å². The molecule has 3 heteroatoms. The topological polar surface area (TPSA) is 27.7 Å². The van der Waals surface area contributed by atoms with Crippen LogP contribution in [0.4, 0.5) is 0 Å². The molecule has 3 nitrogen and oxygen atoms in total. The fourth-order valence-electron chi connectivity index (χ4n) is 1.37. The second-order valence-corrected chi connectivity index (χ2v) is 2.74. The van der Waals surface area contributed by atoms with E-state index in [0.29, 0.717) is 6.61 Å². The van der Waals surface area contributed by atoms with Crippen LogP contribution in [0.5, 0.6) is 0 Å². The highest BCUT2D eigenvalue weighted by Gasteiger charge is 2.25. The minimum Gasteiger partial charge on any atom is -0.495 e. The van der Waals surface area contributed by atoms with Crippen molar-refractivity contribution >= 4 is 0 Å². The van der Waals surface area contributed by atoms with E-state index in [9.17, 15) is 0 Å². The molecule has 0 aliphatic heterocycles. The molecule has 0 heterocycles. The molecule has 1 aliphatic carbocycles. The molecular formula is C10H16O3. The van der Waals surface area contributed by atoms with Crippen molar-refractivity contribution in [2.24, 2.45) is 0 Å². The van der Waals surface area contributed by atoms with Crippen molar-refractivity contribution in [3.05, 3.63) is 24.0 Å². The van der Waals surface area contributed by atoms with Crippen LogP contribution in [-0.2, 0) is 14.2 Å². The maximum absolute atomic E-state index is 5.42. The Balaban J connectivity index is 2.69. The van der Waals surface area contributed by atoms with Gasteiger partial charge in [-0.1, -0.05) is 12.2 Å². The smallest absolute Gasteiger partial charge is 0.144 e. The second-order valence-electron chi connectivity index (χ2n) is 2.74. The van der Waals surface area contributed by atoms with Gasteiger partial charge in [0.25, 0.3) is 0 Å². The van der Waals surface area contributed by atoms with E-state index in [2.05, 4.69) is 0 Å². The molecule has 1 rings (SSSR count). The van der Waals surface area contributed by atoms with Crippen molar-refractivity contribution in [3.8, 4) is 0 Å². The van der Waals surface area contributed by atoms with Crippen LogP contribution in [0.2, 0.25) is 0 Å². The summed E-state index contributed by atoms with van der Waals surface area (Å²) in [4.78, 5) is 0. The van der Waals surface area contributed by atoms with Crippen LogP contribution in [0.3, 0.4) is 0 Å². The van der Waals surface area contributed by atoms with Crippen molar-refractivity contribution in [1.82, 2.24) is 0 Å². The third-order valence-electron chi connectivity index (χ3n) is 1.98. The van der Waals surface area contributed by atoms with E-state index >= 15 is 0 Å². The molecule has 74 valence electrons. The van der Waals surface area contributed by atoms with Gasteiger partial charge < -0.3 is 14.2 Å². The molecule has 0 aromatic carbocycles. The molecule has 0 aromatic rings. The monoisotopic (exact) mass is 184 g/mol. The maximum atomic E-state index is 5.42. The zero-order valence-corrected chi connectivity index (χ0v) is 8.32. The van der Waals surface area contributed by atoms with E-state index in [-0.39, 0.29) is 12.2 Å². The van der Waals surface area contributed by atoms with Gasteiger partial charge in [0.05, 0.1) is 6.61 Å². The van der Waals surface area contributed by atoms with Crippen molar-refractivity contribution in [3.63, 3.8) is 0 Å². The fraction of sp³-hybridized carbons (Fsp3) is 0.600. The fourth-order valence-corrected chi connectivity index (χ4v) is 1.37. The average Bonchev–Trinajstić information content (AvgIpc) is 2.18. The SMILES string of the molecule is CCOC1=CC=C[C@H](OC)[C@@H]1OC. The highest BCUT2D eigenvalue weighted by Crippen LogP contribution is 2.19. The van der Waals surface area contributed by atoms with E-state index < -0.39 is 0 Å². The summed E-state index contributed by atoms with van der Waals surface area (Å²) < 4.78 is 16.0. The summed E-state index contributed by atoms with van der Waals surface area (Å²) in [6.07, 6.45) is 5.63. The molecule has 0 spiro atoms. The lowest BCUT2D eigenvalue weighted by atomic mass is 10.1. The number of hydrogen-bond donors (Lipinski definition) is 0. The van der Waals surface area contributed by atoms with E-state index in [1.54, 1.807) is 14.2 Å². The second kappa shape index (κ2) is 5.04. The third-order valence-corrected chi connectivity index (χ3v) is 1.98. The molecule has 1 aliphatic rings. The van der Waals surface area contributed by atoms with Crippen LogP contribution in [0, 0.1) is 0 Å². The Morgan fingerprint density at radius 3 is 2.62 bits per heavy atom. The number of methoxy groups -OCH3 is 2. The summed E-state index contributed by atoms with van der Waals surface area (Å²) in [7, 11) is 3.32. The highest BCUT2D eigenvalue weighted by molar-refractivity contribution is 5.22. The standard InChI is InChI=1S/C10H16O3/c1-4-13-9-7-5-6-8(11-2)10(9)12-3/h5-8,10H,4H2,1-3H3/t8-,10-/m0/s1. The summed E-state index contributed by atoms with van der Waals surface area (Å²) in [5, 5.41) is 0. The predicted molar refractivity (Wildman–Crippen MR) is 50.4 cm³/mol. The van der Waals surface area contributed by atoms with Gasteiger partial charge in [-0.25, -0.2) is 0 Å². The van der Waals surface area contributed by atoms with Gasteiger partial charge >= 0.3 is 0 Å². The van der Waals surface area contributed by atoms with Crippen LogP contribution < -0.4 is 0 Å². The summed E-state index contributed by atoms with van der Waals surface area (Å²) in [6, 6.07) is 0. The minimum absolute atomic E-state index is 0.0449. The van der Waals surface area contributed by atoms with E-state index in [4.69, 9.17) is 14.2 Å². The number of allylic oxidation sites excluding steroid dienone is 2. The maximum Gasteiger partial charge on any atom is 0.144 e. The number of hydrogen-bond acceptors (Lipinski definition) is 3. The van der Waals surface area contributed by atoms with Crippen LogP contribution in [0.25, 0.3) is 0 Å². The third kappa shape index (κ3) is 2.32.